The third-order valence-corrected chi connectivity index (χ3v) is 3.61. The van der Waals surface area contributed by atoms with E-state index in [0.717, 1.165) is 31.0 Å². The molecule has 0 saturated heterocycles. The van der Waals surface area contributed by atoms with E-state index in [1.54, 1.807) is 6.92 Å². The molecule has 0 N–H and O–H groups in total. The molecule has 0 aliphatic carbocycles. The predicted octanol–water partition coefficient (Wildman–Crippen LogP) is 3.39. The van der Waals surface area contributed by atoms with E-state index < -0.39 is 11.6 Å². The van der Waals surface area contributed by atoms with Crippen molar-refractivity contribution in [2.45, 2.75) is 33.2 Å². The van der Waals surface area contributed by atoms with Crippen LogP contribution >= 0.6 is 0 Å². The minimum absolute atomic E-state index is 0.397. The summed E-state index contributed by atoms with van der Waals surface area (Å²) < 4.78 is 29.1. The molecule has 94 valence electrons. The topological polar surface area (TPSA) is 17.8 Å². The molecule has 0 saturated carbocycles. The quantitative estimate of drug-likeness (QED) is 0.756. The first-order chi connectivity index (χ1) is 8.58. The van der Waals surface area contributed by atoms with Crippen LogP contribution in [0.15, 0.2) is 12.1 Å². The summed E-state index contributed by atoms with van der Waals surface area (Å²) in [6.45, 7) is 4.48. The number of halogens is 2. The van der Waals surface area contributed by atoms with Gasteiger partial charge in [0.25, 0.3) is 0 Å². The van der Waals surface area contributed by atoms with Gasteiger partial charge in [-0.25, -0.2) is 8.78 Å². The summed E-state index contributed by atoms with van der Waals surface area (Å²) in [7, 11) is 0. The summed E-state index contributed by atoms with van der Waals surface area (Å²) in [5, 5.41) is 4.45. The van der Waals surface area contributed by atoms with Gasteiger partial charge in [0, 0.05) is 23.9 Å². The first kappa shape index (κ1) is 11.4. The van der Waals surface area contributed by atoms with Crippen LogP contribution in [0.4, 0.5) is 8.78 Å². The lowest BCUT2D eigenvalue weighted by molar-refractivity contribution is 0.578. The molecule has 0 unspecified atom stereocenters. The van der Waals surface area contributed by atoms with Gasteiger partial charge >= 0.3 is 0 Å². The largest absolute Gasteiger partial charge is 0.269 e. The van der Waals surface area contributed by atoms with Crippen LogP contribution in [0.1, 0.15) is 23.2 Å². The van der Waals surface area contributed by atoms with Crippen LogP contribution < -0.4 is 0 Å². The van der Waals surface area contributed by atoms with Gasteiger partial charge in [0.05, 0.1) is 5.69 Å². The maximum atomic E-state index is 13.9. The first-order valence-corrected chi connectivity index (χ1v) is 6.10. The molecule has 2 nitrogen and oxygen atoms in total. The van der Waals surface area contributed by atoms with Crippen LogP contribution in [-0.2, 0) is 13.0 Å². The SMILES string of the molecule is Cc1cc(-c2nn3c(c2C)CCC3)c(F)cc1F. The fraction of sp³-hybridized carbons (Fsp3) is 0.357. The summed E-state index contributed by atoms with van der Waals surface area (Å²) in [6, 6.07) is 2.48. The molecule has 1 aliphatic heterocycles. The summed E-state index contributed by atoms with van der Waals surface area (Å²) >= 11 is 0. The number of hydrogen-bond acceptors (Lipinski definition) is 1. The fourth-order valence-electron chi connectivity index (χ4n) is 2.58. The number of hydrogen-bond donors (Lipinski definition) is 0. The second kappa shape index (κ2) is 3.90. The van der Waals surface area contributed by atoms with E-state index in [2.05, 4.69) is 5.10 Å². The Hall–Kier alpha value is -1.71. The minimum atomic E-state index is -0.544. The maximum absolute atomic E-state index is 13.9. The molecule has 0 bridgehead atoms. The highest BCUT2D eigenvalue weighted by molar-refractivity contribution is 5.65. The molecule has 0 spiro atoms. The molecule has 0 radical (unpaired) electrons. The number of aryl methyl sites for hydroxylation is 2. The Balaban J connectivity index is 2.19. The van der Waals surface area contributed by atoms with E-state index in [9.17, 15) is 8.78 Å². The lowest BCUT2D eigenvalue weighted by Gasteiger charge is -2.04. The summed E-state index contributed by atoms with van der Waals surface area (Å²) in [6.07, 6.45) is 2.08. The van der Waals surface area contributed by atoms with E-state index >= 15 is 0 Å². The van der Waals surface area contributed by atoms with Crippen molar-refractivity contribution in [1.82, 2.24) is 9.78 Å². The molecule has 1 aromatic heterocycles. The number of benzene rings is 1. The molecule has 1 aliphatic rings. The fourth-order valence-corrected chi connectivity index (χ4v) is 2.58. The molecule has 2 heterocycles. The van der Waals surface area contributed by atoms with Crippen molar-refractivity contribution in [2.75, 3.05) is 0 Å². The number of fused-ring (bicyclic) bond motifs is 1. The number of nitrogens with zero attached hydrogens (tertiary/aromatic N) is 2. The van der Waals surface area contributed by atoms with E-state index in [1.165, 1.54) is 11.8 Å². The van der Waals surface area contributed by atoms with Gasteiger partial charge in [-0.05, 0) is 43.9 Å². The molecule has 0 fully saturated rings. The minimum Gasteiger partial charge on any atom is -0.269 e. The zero-order valence-corrected chi connectivity index (χ0v) is 10.4. The molecule has 2 aromatic rings. The normalized spacial score (nSPS) is 14.0. The number of rotatable bonds is 1. The van der Waals surface area contributed by atoms with Crippen LogP contribution in [-0.4, -0.2) is 9.78 Å². The lowest BCUT2D eigenvalue weighted by atomic mass is 10.0. The van der Waals surface area contributed by atoms with Crippen molar-refractivity contribution in [3.8, 4) is 11.3 Å². The van der Waals surface area contributed by atoms with Gasteiger partial charge in [-0.1, -0.05) is 0 Å². The second-order valence-electron chi connectivity index (χ2n) is 4.83. The van der Waals surface area contributed by atoms with Gasteiger partial charge in [0.1, 0.15) is 11.6 Å². The van der Waals surface area contributed by atoms with E-state index in [-0.39, 0.29) is 0 Å². The van der Waals surface area contributed by atoms with Gasteiger partial charge < -0.3 is 0 Å². The molecule has 1 aromatic carbocycles. The van der Waals surface area contributed by atoms with E-state index in [0.29, 0.717) is 16.8 Å². The van der Waals surface area contributed by atoms with Gasteiger partial charge in [0.2, 0.25) is 0 Å². The van der Waals surface area contributed by atoms with Crippen molar-refractivity contribution in [1.29, 1.82) is 0 Å². The highest BCUT2D eigenvalue weighted by Crippen LogP contribution is 2.31. The van der Waals surface area contributed by atoms with Crippen LogP contribution in [0.3, 0.4) is 0 Å². The van der Waals surface area contributed by atoms with Crippen molar-refractivity contribution in [3.63, 3.8) is 0 Å². The third kappa shape index (κ3) is 1.55. The van der Waals surface area contributed by atoms with Gasteiger partial charge in [-0.15, -0.1) is 0 Å². The predicted molar refractivity (Wildman–Crippen MR) is 65.4 cm³/mol. The molecular weight excluding hydrogens is 234 g/mol. The Labute approximate surface area is 104 Å². The smallest absolute Gasteiger partial charge is 0.135 e. The van der Waals surface area contributed by atoms with Crippen LogP contribution in [0.2, 0.25) is 0 Å². The Morgan fingerprint density at radius 1 is 1.17 bits per heavy atom. The van der Waals surface area contributed by atoms with Gasteiger partial charge in [0.15, 0.2) is 0 Å². The summed E-state index contributed by atoms with van der Waals surface area (Å²) in [5.41, 5.74) is 3.67. The molecule has 0 atom stereocenters. The van der Waals surface area contributed by atoms with Crippen molar-refractivity contribution in [3.05, 3.63) is 40.6 Å². The zero-order valence-electron chi connectivity index (χ0n) is 10.4. The Kier molecular flexibility index (Phi) is 2.47. The molecular formula is C14H14F2N2. The molecule has 0 amide bonds. The monoisotopic (exact) mass is 248 g/mol. The van der Waals surface area contributed by atoms with E-state index in [4.69, 9.17) is 0 Å². The zero-order chi connectivity index (χ0) is 12.9. The average Bonchev–Trinajstić information content (AvgIpc) is 2.88. The molecule has 4 heteroatoms. The highest BCUT2D eigenvalue weighted by Gasteiger charge is 2.21. The molecule has 3 rings (SSSR count). The van der Waals surface area contributed by atoms with Crippen LogP contribution in [0.25, 0.3) is 11.3 Å². The first-order valence-electron chi connectivity index (χ1n) is 6.10. The summed E-state index contributed by atoms with van der Waals surface area (Å²) in [4.78, 5) is 0. The van der Waals surface area contributed by atoms with Gasteiger partial charge in [-0.2, -0.15) is 5.10 Å². The lowest BCUT2D eigenvalue weighted by Crippen LogP contribution is -1.96. The van der Waals surface area contributed by atoms with E-state index in [1.807, 2.05) is 11.6 Å². The molecule has 18 heavy (non-hydrogen) atoms. The Bertz CT molecular complexity index is 629. The van der Waals surface area contributed by atoms with Crippen LogP contribution in [0.5, 0.6) is 0 Å². The maximum Gasteiger partial charge on any atom is 0.135 e. The second-order valence-corrected chi connectivity index (χ2v) is 4.83. The Morgan fingerprint density at radius 2 is 1.94 bits per heavy atom. The average molecular weight is 248 g/mol. The Morgan fingerprint density at radius 3 is 2.67 bits per heavy atom. The van der Waals surface area contributed by atoms with Crippen molar-refractivity contribution in [2.24, 2.45) is 0 Å². The highest BCUT2D eigenvalue weighted by atomic mass is 19.1. The summed E-state index contributed by atoms with van der Waals surface area (Å²) in [5.74, 6) is -1.06. The van der Waals surface area contributed by atoms with Crippen molar-refractivity contribution >= 4 is 0 Å². The van der Waals surface area contributed by atoms with Crippen LogP contribution in [0, 0.1) is 25.5 Å². The van der Waals surface area contributed by atoms with Crippen molar-refractivity contribution < 1.29 is 8.78 Å². The third-order valence-electron chi connectivity index (χ3n) is 3.61. The number of aromatic nitrogens is 2. The standard InChI is InChI=1S/C14H14F2N2/c1-8-6-10(12(16)7-11(8)15)14-9(2)13-4-3-5-18(13)17-14/h6-7H,3-5H2,1-2H3. The van der Waals surface area contributed by atoms with Gasteiger partial charge in [-0.3, -0.25) is 4.68 Å².